The second-order valence-corrected chi connectivity index (χ2v) is 6.83. The van der Waals surface area contributed by atoms with Crippen molar-refractivity contribution < 1.29 is 31.1 Å². The number of nitrogens with one attached hydrogen (secondary N) is 1. The van der Waals surface area contributed by atoms with Crippen LogP contribution in [0.2, 0.25) is 0 Å². The quantitative estimate of drug-likeness (QED) is 0.582. The number of carbonyl (C=O) groups is 1. The summed E-state index contributed by atoms with van der Waals surface area (Å²) < 4.78 is 79.0. The molecule has 1 aliphatic rings. The minimum Gasteiger partial charge on any atom is -0.338 e. The average Bonchev–Trinajstić information content (AvgIpc) is 3.09. The Bertz CT molecular complexity index is 911. The lowest BCUT2D eigenvalue weighted by Crippen LogP contribution is -2.52. The van der Waals surface area contributed by atoms with Gasteiger partial charge in [0.15, 0.2) is 5.82 Å². The van der Waals surface area contributed by atoms with Crippen LogP contribution >= 0.6 is 0 Å². The molecule has 0 spiro atoms. The lowest BCUT2D eigenvalue weighted by molar-refractivity contribution is -0.143. The van der Waals surface area contributed by atoms with Gasteiger partial charge in [0.05, 0.1) is 11.1 Å². The molecule has 1 fully saturated rings. The van der Waals surface area contributed by atoms with Crippen molar-refractivity contribution in [3.05, 3.63) is 41.7 Å². The minimum absolute atomic E-state index is 0.0352. The van der Waals surface area contributed by atoms with Crippen molar-refractivity contribution in [2.24, 2.45) is 5.92 Å². The van der Waals surface area contributed by atoms with Crippen molar-refractivity contribution in [2.45, 2.75) is 12.4 Å². The van der Waals surface area contributed by atoms with Gasteiger partial charge in [0.1, 0.15) is 6.33 Å². The molecule has 3 rings (SSSR count). The van der Waals surface area contributed by atoms with E-state index in [9.17, 15) is 31.1 Å². The first-order valence-corrected chi connectivity index (χ1v) is 8.80. The van der Waals surface area contributed by atoms with Crippen molar-refractivity contribution in [2.75, 3.05) is 26.7 Å². The predicted octanol–water partition coefficient (Wildman–Crippen LogP) is 3.13. The van der Waals surface area contributed by atoms with Crippen LogP contribution in [0.15, 0.2) is 30.6 Å². The van der Waals surface area contributed by atoms with Crippen LogP contribution in [0.5, 0.6) is 0 Å². The summed E-state index contributed by atoms with van der Waals surface area (Å²) in [5, 5.41) is 6.86. The molecule has 1 aromatic carbocycles. The zero-order valence-corrected chi connectivity index (χ0v) is 15.6. The van der Waals surface area contributed by atoms with E-state index in [4.69, 9.17) is 0 Å². The van der Waals surface area contributed by atoms with Gasteiger partial charge in [0.25, 0.3) is 0 Å². The third-order valence-electron chi connectivity index (χ3n) is 4.49. The topological polar surface area (TPSA) is 63.1 Å². The van der Waals surface area contributed by atoms with E-state index in [2.05, 4.69) is 15.4 Å². The van der Waals surface area contributed by atoms with Crippen LogP contribution in [0.25, 0.3) is 17.6 Å². The summed E-state index contributed by atoms with van der Waals surface area (Å²) in [5.74, 6) is -0.242. The van der Waals surface area contributed by atoms with Crippen molar-refractivity contribution >= 4 is 12.1 Å². The molecule has 0 unspecified atom stereocenters. The van der Waals surface area contributed by atoms with E-state index in [0.29, 0.717) is 31.1 Å². The van der Waals surface area contributed by atoms with E-state index in [1.54, 1.807) is 4.90 Å². The number of halogens is 6. The van der Waals surface area contributed by atoms with Gasteiger partial charge >= 0.3 is 12.4 Å². The normalized spacial score (nSPS) is 15.6. The molecule has 0 atom stereocenters. The lowest BCUT2D eigenvalue weighted by Gasteiger charge is -2.38. The highest BCUT2D eigenvalue weighted by Crippen LogP contribution is 2.38. The van der Waals surface area contributed by atoms with Gasteiger partial charge in [0, 0.05) is 43.4 Å². The monoisotopic (exact) mass is 433 g/mol. The Morgan fingerprint density at radius 2 is 1.73 bits per heavy atom. The van der Waals surface area contributed by atoms with Crippen LogP contribution in [0.1, 0.15) is 11.1 Å². The summed E-state index contributed by atoms with van der Waals surface area (Å²) in [6, 6.07) is 1.13. The fraction of sp³-hybridized carbons (Fsp3) is 0.389. The summed E-state index contributed by atoms with van der Waals surface area (Å²) in [5.41, 5.74) is -3.35. The second kappa shape index (κ2) is 8.09. The number of likely N-dealkylation sites (tertiary alicyclic amines) is 1. The highest BCUT2D eigenvalue weighted by molar-refractivity contribution is 5.90. The number of carbonyl (C=O) groups excluding carboxylic acids is 1. The number of aromatic nitrogens is 3. The van der Waals surface area contributed by atoms with E-state index < -0.39 is 29.0 Å². The van der Waals surface area contributed by atoms with E-state index in [-0.39, 0.29) is 17.8 Å². The first-order valence-electron chi connectivity index (χ1n) is 8.80. The van der Waals surface area contributed by atoms with E-state index in [0.717, 1.165) is 17.6 Å². The maximum absolute atomic E-state index is 13.0. The molecule has 1 saturated heterocycles. The Labute approximate surface area is 167 Å². The second-order valence-electron chi connectivity index (χ2n) is 6.83. The Kier molecular flexibility index (Phi) is 5.88. The van der Waals surface area contributed by atoms with Gasteiger partial charge in [-0.25, -0.2) is 9.67 Å². The maximum atomic E-state index is 13.0. The SMILES string of the molecule is CNCC1CN(C(=O)/C=C\n2cnc(-c3cc(C(F)(F)F)cc(C(F)(F)F)c3)n2)C1. The van der Waals surface area contributed by atoms with Gasteiger partial charge in [-0.15, -0.1) is 5.10 Å². The van der Waals surface area contributed by atoms with Gasteiger partial charge in [-0.3, -0.25) is 4.79 Å². The fourth-order valence-corrected chi connectivity index (χ4v) is 2.98. The Balaban J connectivity index is 1.78. The molecule has 2 heterocycles. The molecule has 1 amide bonds. The first-order chi connectivity index (χ1) is 14.0. The number of hydrogen-bond acceptors (Lipinski definition) is 4. The number of nitrogens with zero attached hydrogens (tertiary/aromatic N) is 4. The Morgan fingerprint density at radius 1 is 1.13 bits per heavy atom. The summed E-state index contributed by atoms with van der Waals surface area (Å²) in [6.45, 7) is 1.98. The van der Waals surface area contributed by atoms with Gasteiger partial charge in [-0.05, 0) is 25.2 Å². The average molecular weight is 433 g/mol. The van der Waals surface area contributed by atoms with Crippen molar-refractivity contribution in [1.29, 1.82) is 0 Å². The number of rotatable bonds is 5. The van der Waals surface area contributed by atoms with Crippen LogP contribution in [-0.2, 0) is 17.1 Å². The zero-order valence-electron chi connectivity index (χ0n) is 15.6. The van der Waals surface area contributed by atoms with Gasteiger partial charge < -0.3 is 10.2 Å². The number of alkyl halides is 6. The first kappa shape index (κ1) is 21.8. The molecular formula is C18H17F6N5O. The number of hydrogen-bond donors (Lipinski definition) is 1. The van der Waals surface area contributed by atoms with Gasteiger partial charge in [0.2, 0.25) is 5.91 Å². The minimum atomic E-state index is -4.97. The summed E-state index contributed by atoms with van der Waals surface area (Å²) in [4.78, 5) is 17.4. The third-order valence-corrected chi connectivity index (χ3v) is 4.49. The molecule has 0 bridgehead atoms. The van der Waals surface area contributed by atoms with Gasteiger partial charge in [-0.2, -0.15) is 26.3 Å². The van der Waals surface area contributed by atoms with Crippen LogP contribution < -0.4 is 5.32 Å². The molecular weight excluding hydrogens is 416 g/mol. The maximum Gasteiger partial charge on any atom is 0.416 e. The summed E-state index contributed by atoms with van der Waals surface area (Å²) in [7, 11) is 1.81. The van der Waals surface area contributed by atoms with E-state index >= 15 is 0 Å². The number of amides is 1. The van der Waals surface area contributed by atoms with Gasteiger partial charge in [-0.1, -0.05) is 0 Å². The Morgan fingerprint density at radius 3 is 2.27 bits per heavy atom. The predicted molar refractivity (Wildman–Crippen MR) is 94.8 cm³/mol. The Hall–Kier alpha value is -2.89. The summed E-state index contributed by atoms with van der Waals surface area (Å²) in [6.07, 6.45) is -6.39. The van der Waals surface area contributed by atoms with Crippen LogP contribution in [0.4, 0.5) is 26.3 Å². The highest BCUT2D eigenvalue weighted by Gasteiger charge is 2.37. The summed E-state index contributed by atoms with van der Waals surface area (Å²) >= 11 is 0. The molecule has 0 radical (unpaired) electrons. The zero-order chi connectivity index (χ0) is 22.1. The molecule has 30 heavy (non-hydrogen) atoms. The van der Waals surface area contributed by atoms with Crippen molar-refractivity contribution in [3.8, 4) is 11.4 Å². The molecule has 1 aromatic heterocycles. The van der Waals surface area contributed by atoms with Crippen LogP contribution in [-0.4, -0.2) is 52.3 Å². The third kappa shape index (κ3) is 4.99. The molecule has 162 valence electrons. The molecule has 0 saturated carbocycles. The number of benzene rings is 1. The molecule has 12 heteroatoms. The van der Waals surface area contributed by atoms with Crippen LogP contribution in [0, 0.1) is 5.92 Å². The molecule has 1 aliphatic heterocycles. The van der Waals surface area contributed by atoms with Crippen molar-refractivity contribution in [3.63, 3.8) is 0 Å². The smallest absolute Gasteiger partial charge is 0.338 e. The largest absolute Gasteiger partial charge is 0.416 e. The standard InChI is InChI=1S/C18H17F6N5O/c1-25-7-11-8-28(9-11)15(30)2-3-29-10-26-16(27-29)12-4-13(17(19,20)21)6-14(5-12)18(22,23)24/h2-6,10-11,25H,7-9H2,1H3/b3-2-. The molecule has 1 N–H and O–H groups in total. The fourth-order valence-electron chi connectivity index (χ4n) is 2.98. The van der Waals surface area contributed by atoms with E-state index in [1.807, 2.05) is 7.05 Å². The molecule has 0 aliphatic carbocycles. The highest BCUT2D eigenvalue weighted by atomic mass is 19.4. The molecule has 6 nitrogen and oxygen atoms in total. The lowest BCUT2D eigenvalue weighted by atomic mass is 10.0. The van der Waals surface area contributed by atoms with Crippen LogP contribution in [0.3, 0.4) is 0 Å². The van der Waals surface area contributed by atoms with E-state index in [1.165, 1.54) is 12.3 Å². The molecule has 2 aromatic rings. The van der Waals surface area contributed by atoms with Crippen molar-refractivity contribution in [1.82, 2.24) is 25.0 Å².